The number of nitrogens with zero attached hydrogens (tertiary/aromatic N) is 2. The topological polar surface area (TPSA) is 6.48 Å². The normalized spacial score (nSPS) is 15.1. The van der Waals surface area contributed by atoms with Gasteiger partial charge in [0.05, 0.1) is 0 Å². The van der Waals surface area contributed by atoms with Crippen LogP contribution in [0.4, 0.5) is 11.4 Å². The zero-order chi connectivity index (χ0) is 15.7. The van der Waals surface area contributed by atoms with Crippen molar-refractivity contribution >= 4 is 11.4 Å². The van der Waals surface area contributed by atoms with Gasteiger partial charge in [0.2, 0.25) is 0 Å². The quantitative estimate of drug-likeness (QED) is 0.778. The monoisotopic (exact) mass is 292 g/mol. The van der Waals surface area contributed by atoms with Crippen LogP contribution in [-0.4, -0.2) is 6.17 Å². The molecule has 1 heterocycles. The summed E-state index contributed by atoms with van der Waals surface area (Å²) in [5.74, 6) is 0.512. The first kappa shape index (κ1) is 14.7. The van der Waals surface area contributed by atoms with Crippen LogP contribution in [0, 0.1) is 19.8 Å². The van der Waals surface area contributed by atoms with Crippen molar-refractivity contribution in [1.29, 1.82) is 0 Å². The van der Waals surface area contributed by atoms with Gasteiger partial charge in [0.15, 0.2) is 0 Å². The molecule has 0 bridgehead atoms. The summed E-state index contributed by atoms with van der Waals surface area (Å²) < 4.78 is 0. The summed E-state index contributed by atoms with van der Waals surface area (Å²) in [5.41, 5.74) is 5.08. The number of anilines is 2. The van der Waals surface area contributed by atoms with E-state index in [-0.39, 0.29) is 0 Å². The van der Waals surface area contributed by atoms with Crippen molar-refractivity contribution in [3.05, 3.63) is 72.1 Å². The molecule has 1 aliphatic rings. The lowest BCUT2D eigenvalue weighted by molar-refractivity contribution is 0.501. The molecule has 2 aromatic carbocycles. The van der Waals surface area contributed by atoms with E-state index in [4.69, 9.17) is 0 Å². The molecular formula is C20H24N2. The maximum Gasteiger partial charge on any atom is 0.112 e. The lowest BCUT2D eigenvalue weighted by Gasteiger charge is -2.35. The molecule has 0 N–H and O–H groups in total. The minimum absolute atomic E-state index is 0.311. The fraction of sp³-hybridized carbons (Fsp3) is 0.300. The van der Waals surface area contributed by atoms with Crippen molar-refractivity contribution in [1.82, 2.24) is 0 Å². The molecule has 1 aliphatic heterocycles. The second-order valence-corrected chi connectivity index (χ2v) is 6.44. The lowest BCUT2D eigenvalue weighted by atomic mass is 10.1. The van der Waals surface area contributed by atoms with Crippen LogP contribution in [0.1, 0.15) is 25.0 Å². The molecule has 0 radical (unpaired) electrons. The second kappa shape index (κ2) is 5.88. The van der Waals surface area contributed by atoms with Gasteiger partial charge in [-0.1, -0.05) is 49.2 Å². The Kier molecular flexibility index (Phi) is 3.93. The van der Waals surface area contributed by atoms with E-state index in [0.717, 1.165) is 0 Å². The first-order valence-electron chi connectivity index (χ1n) is 7.94. The van der Waals surface area contributed by atoms with E-state index >= 15 is 0 Å². The number of rotatable bonds is 3. The lowest BCUT2D eigenvalue weighted by Crippen LogP contribution is -2.42. The van der Waals surface area contributed by atoms with Crippen LogP contribution in [0.15, 0.2) is 60.9 Å². The molecule has 3 rings (SSSR count). The molecule has 0 unspecified atom stereocenters. The third kappa shape index (κ3) is 2.74. The SMILES string of the molecule is Cc1ccc(N2C=CN(c3ccc(C)cc3)C2C(C)C)cc1. The van der Waals surface area contributed by atoms with Gasteiger partial charge in [0, 0.05) is 23.8 Å². The van der Waals surface area contributed by atoms with E-state index in [1.165, 1.54) is 22.5 Å². The Balaban J connectivity index is 1.92. The van der Waals surface area contributed by atoms with E-state index in [2.05, 4.69) is 98.4 Å². The van der Waals surface area contributed by atoms with E-state index in [9.17, 15) is 0 Å². The number of benzene rings is 2. The highest BCUT2D eigenvalue weighted by Gasteiger charge is 2.30. The van der Waals surface area contributed by atoms with Crippen molar-refractivity contribution in [2.24, 2.45) is 5.92 Å². The summed E-state index contributed by atoms with van der Waals surface area (Å²) in [5, 5.41) is 0. The Labute approximate surface area is 133 Å². The first-order valence-corrected chi connectivity index (χ1v) is 7.94. The van der Waals surface area contributed by atoms with Crippen LogP contribution < -0.4 is 9.80 Å². The Bertz CT molecular complexity index is 598. The van der Waals surface area contributed by atoms with Gasteiger partial charge < -0.3 is 9.80 Å². The fourth-order valence-electron chi connectivity index (χ4n) is 3.01. The molecule has 22 heavy (non-hydrogen) atoms. The predicted octanol–water partition coefficient (Wildman–Crippen LogP) is 5.08. The van der Waals surface area contributed by atoms with Gasteiger partial charge in [-0.25, -0.2) is 0 Å². The van der Waals surface area contributed by atoms with Crippen LogP contribution >= 0.6 is 0 Å². The highest BCUT2D eigenvalue weighted by Crippen LogP contribution is 2.32. The minimum atomic E-state index is 0.311. The third-order valence-corrected chi connectivity index (χ3v) is 4.22. The molecule has 0 atom stereocenters. The molecule has 114 valence electrons. The summed E-state index contributed by atoms with van der Waals surface area (Å²) in [4.78, 5) is 4.73. The molecule has 0 amide bonds. The summed E-state index contributed by atoms with van der Waals surface area (Å²) in [7, 11) is 0. The average molecular weight is 292 g/mol. The largest absolute Gasteiger partial charge is 0.325 e. The Morgan fingerprint density at radius 2 is 1.05 bits per heavy atom. The van der Waals surface area contributed by atoms with Crippen molar-refractivity contribution in [3.8, 4) is 0 Å². The Morgan fingerprint density at radius 1 is 0.682 bits per heavy atom. The zero-order valence-electron chi connectivity index (χ0n) is 13.8. The predicted molar refractivity (Wildman–Crippen MR) is 95.1 cm³/mol. The number of aryl methyl sites for hydroxylation is 2. The van der Waals surface area contributed by atoms with Gasteiger partial charge in [-0.2, -0.15) is 0 Å². The van der Waals surface area contributed by atoms with Crippen molar-refractivity contribution < 1.29 is 0 Å². The smallest absolute Gasteiger partial charge is 0.112 e. The maximum absolute atomic E-state index is 2.37. The molecule has 2 heteroatoms. The standard InChI is InChI=1S/C20H24N2/c1-15(2)20-21(18-9-5-16(3)6-10-18)13-14-22(20)19-11-7-17(4)8-12-19/h5-15,20H,1-4H3. The molecule has 0 aromatic heterocycles. The van der Waals surface area contributed by atoms with Crippen LogP contribution in [-0.2, 0) is 0 Å². The second-order valence-electron chi connectivity index (χ2n) is 6.44. The Morgan fingerprint density at radius 3 is 1.36 bits per heavy atom. The molecule has 0 aliphatic carbocycles. The first-order chi connectivity index (χ1) is 10.6. The van der Waals surface area contributed by atoms with Crippen LogP contribution in [0.2, 0.25) is 0 Å². The summed E-state index contributed by atoms with van der Waals surface area (Å²) in [6.07, 6.45) is 4.69. The summed E-state index contributed by atoms with van der Waals surface area (Å²) >= 11 is 0. The van der Waals surface area contributed by atoms with Gasteiger partial charge in [-0.3, -0.25) is 0 Å². The summed E-state index contributed by atoms with van der Waals surface area (Å²) in [6.45, 7) is 8.81. The maximum atomic E-state index is 2.37. The van der Waals surface area contributed by atoms with Crippen molar-refractivity contribution in [2.45, 2.75) is 33.9 Å². The molecule has 0 fully saturated rings. The van der Waals surface area contributed by atoms with E-state index in [0.29, 0.717) is 12.1 Å². The van der Waals surface area contributed by atoms with Crippen LogP contribution in [0.5, 0.6) is 0 Å². The highest BCUT2D eigenvalue weighted by molar-refractivity contribution is 5.61. The average Bonchev–Trinajstić information content (AvgIpc) is 2.94. The van der Waals surface area contributed by atoms with Gasteiger partial charge >= 0.3 is 0 Å². The van der Waals surface area contributed by atoms with Crippen molar-refractivity contribution in [2.75, 3.05) is 9.80 Å². The van der Waals surface area contributed by atoms with Crippen molar-refractivity contribution in [3.63, 3.8) is 0 Å². The van der Waals surface area contributed by atoms with Gasteiger partial charge in [0.25, 0.3) is 0 Å². The van der Waals surface area contributed by atoms with Gasteiger partial charge in [0.1, 0.15) is 6.17 Å². The number of hydrogen-bond donors (Lipinski definition) is 0. The molecule has 0 spiro atoms. The van der Waals surface area contributed by atoms with Gasteiger partial charge in [-0.15, -0.1) is 0 Å². The summed E-state index contributed by atoms with van der Waals surface area (Å²) in [6, 6.07) is 17.5. The van der Waals surface area contributed by atoms with E-state index < -0.39 is 0 Å². The van der Waals surface area contributed by atoms with Crippen LogP contribution in [0.3, 0.4) is 0 Å². The van der Waals surface area contributed by atoms with Crippen LogP contribution in [0.25, 0.3) is 0 Å². The Hall–Kier alpha value is -2.22. The molecule has 2 nitrogen and oxygen atoms in total. The molecule has 0 saturated carbocycles. The minimum Gasteiger partial charge on any atom is -0.325 e. The molecule has 0 saturated heterocycles. The molecular weight excluding hydrogens is 268 g/mol. The highest BCUT2D eigenvalue weighted by atomic mass is 15.4. The fourth-order valence-corrected chi connectivity index (χ4v) is 3.01. The zero-order valence-corrected chi connectivity index (χ0v) is 13.8. The van der Waals surface area contributed by atoms with E-state index in [1.807, 2.05) is 0 Å². The van der Waals surface area contributed by atoms with Gasteiger partial charge in [-0.05, 0) is 44.0 Å². The number of hydrogen-bond acceptors (Lipinski definition) is 2. The molecule has 2 aromatic rings. The van der Waals surface area contributed by atoms with E-state index in [1.54, 1.807) is 0 Å². The third-order valence-electron chi connectivity index (χ3n) is 4.22.